The standard InChI is InChI=1S/C10H16N2S2/c1-8-6-13-10(12-8)14-7-9-3-2-4-11-5-9/h6,9,11H,2-5,7H2,1H3/t9-/m0/s1. The number of thioether (sulfide) groups is 1. The summed E-state index contributed by atoms with van der Waals surface area (Å²) < 4.78 is 1.23. The highest BCUT2D eigenvalue weighted by atomic mass is 32.2. The highest BCUT2D eigenvalue weighted by Gasteiger charge is 2.13. The van der Waals surface area contributed by atoms with Crippen molar-refractivity contribution >= 4 is 23.1 Å². The number of aryl methyl sites for hydroxylation is 1. The smallest absolute Gasteiger partial charge is 0.150 e. The Morgan fingerprint density at radius 2 is 2.64 bits per heavy atom. The number of rotatable bonds is 3. The zero-order valence-corrected chi connectivity index (χ0v) is 10.1. The lowest BCUT2D eigenvalue weighted by molar-refractivity contribution is 0.410. The van der Waals surface area contributed by atoms with Gasteiger partial charge in [0.1, 0.15) is 4.34 Å². The first kappa shape index (κ1) is 10.5. The minimum absolute atomic E-state index is 0.845. The van der Waals surface area contributed by atoms with E-state index >= 15 is 0 Å². The van der Waals surface area contributed by atoms with Crippen molar-refractivity contribution in [2.24, 2.45) is 5.92 Å². The van der Waals surface area contributed by atoms with Gasteiger partial charge in [-0.3, -0.25) is 0 Å². The zero-order valence-electron chi connectivity index (χ0n) is 8.45. The van der Waals surface area contributed by atoms with Crippen LogP contribution < -0.4 is 5.32 Å². The fourth-order valence-corrected chi connectivity index (χ4v) is 3.67. The average Bonchev–Trinajstić information content (AvgIpc) is 2.63. The quantitative estimate of drug-likeness (QED) is 0.805. The molecule has 0 saturated carbocycles. The number of aromatic nitrogens is 1. The second kappa shape index (κ2) is 5.14. The first-order chi connectivity index (χ1) is 6.84. The van der Waals surface area contributed by atoms with Crippen LogP contribution in [0.4, 0.5) is 0 Å². The first-order valence-electron chi connectivity index (χ1n) is 5.10. The van der Waals surface area contributed by atoms with Gasteiger partial charge in [-0.1, -0.05) is 11.8 Å². The third-order valence-electron chi connectivity index (χ3n) is 2.44. The van der Waals surface area contributed by atoms with E-state index in [-0.39, 0.29) is 0 Å². The summed E-state index contributed by atoms with van der Waals surface area (Å²) in [6.45, 7) is 4.46. The van der Waals surface area contributed by atoms with E-state index in [1.807, 2.05) is 11.8 Å². The summed E-state index contributed by atoms with van der Waals surface area (Å²) in [6.07, 6.45) is 2.71. The van der Waals surface area contributed by atoms with Gasteiger partial charge >= 0.3 is 0 Å². The van der Waals surface area contributed by atoms with Crippen LogP contribution in [0, 0.1) is 12.8 Å². The molecule has 0 amide bonds. The molecule has 0 spiro atoms. The fraction of sp³-hybridized carbons (Fsp3) is 0.700. The van der Waals surface area contributed by atoms with Crippen molar-refractivity contribution in [3.63, 3.8) is 0 Å². The lowest BCUT2D eigenvalue weighted by Gasteiger charge is -2.21. The first-order valence-corrected chi connectivity index (χ1v) is 6.97. The van der Waals surface area contributed by atoms with Crippen LogP contribution in [0.3, 0.4) is 0 Å². The predicted molar refractivity (Wildman–Crippen MR) is 63.2 cm³/mol. The van der Waals surface area contributed by atoms with Crippen LogP contribution in [-0.2, 0) is 0 Å². The Balaban J connectivity index is 1.76. The molecule has 1 aromatic rings. The molecule has 1 N–H and O–H groups in total. The number of piperidine rings is 1. The van der Waals surface area contributed by atoms with E-state index in [9.17, 15) is 0 Å². The van der Waals surface area contributed by atoms with Crippen molar-refractivity contribution in [1.29, 1.82) is 0 Å². The molecule has 0 aromatic carbocycles. The number of thiazole rings is 1. The van der Waals surface area contributed by atoms with Crippen molar-refractivity contribution in [2.45, 2.75) is 24.1 Å². The summed E-state index contributed by atoms with van der Waals surface area (Å²) in [6, 6.07) is 0. The van der Waals surface area contributed by atoms with Gasteiger partial charge in [0.25, 0.3) is 0 Å². The third kappa shape index (κ3) is 2.97. The molecule has 1 saturated heterocycles. The molecule has 0 aliphatic carbocycles. The van der Waals surface area contributed by atoms with Gasteiger partial charge in [-0.2, -0.15) is 0 Å². The summed E-state index contributed by atoms with van der Waals surface area (Å²) >= 11 is 3.68. The third-order valence-corrected chi connectivity index (χ3v) is 4.81. The van der Waals surface area contributed by atoms with E-state index < -0.39 is 0 Å². The summed E-state index contributed by atoms with van der Waals surface area (Å²) in [5.41, 5.74) is 1.15. The minimum Gasteiger partial charge on any atom is -0.316 e. The Labute approximate surface area is 93.5 Å². The molecule has 2 rings (SSSR count). The number of hydrogen-bond acceptors (Lipinski definition) is 4. The van der Waals surface area contributed by atoms with Gasteiger partial charge < -0.3 is 5.32 Å². The number of nitrogens with zero attached hydrogens (tertiary/aromatic N) is 1. The van der Waals surface area contributed by atoms with Crippen LogP contribution in [0.25, 0.3) is 0 Å². The molecule has 1 aliphatic rings. The minimum atomic E-state index is 0.845. The topological polar surface area (TPSA) is 24.9 Å². The largest absolute Gasteiger partial charge is 0.316 e. The van der Waals surface area contributed by atoms with Gasteiger partial charge in [0, 0.05) is 16.8 Å². The van der Waals surface area contributed by atoms with Gasteiger partial charge in [-0.15, -0.1) is 11.3 Å². The van der Waals surface area contributed by atoms with E-state index in [1.54, 1.807) is 11.3 Å². The van der Waals surface area contributed by atoms with E-state index in [0.717, 1.165) is 11.6 Å². The summed E-state index contributed by atoms with van der Waals surface area (Å²) in [5, 5.41) is 5.57. The van der Waals surface area contributed by atoms with Crippen LogP contribution in [0.5, 0.6) is 0 Å². The molecule has 0 radical (unpaired) electrons. The van der Waals surface area contributed by atoms with Gasteiger partial charge in [0.2, 0.25) is 0 Å². The van der Waals surface area contributed by atoms with Crippen molar-refractivity contribution < 1.29 is 0 Å². The molecule has 1 fully saturated rings. The molecular formula is C10H16N2S2. The zero-order chi connectivity index (χ0) is 9.80. The van der Waals surface area contributed by atoms with Crippen molar-refractivity contribution in [3.8, 4) is 0 Å². The second-order valence-corrected chi connectivity index (χ2v) is 5.90. The van der Waals surface area contributed by atoms with Gasteiger partial charge in [0.15, 0.2) is 0 Å². The Kier molecular flexibility index (Phi) is 3.84. The van der Waals surface area contributed by atoms with Crippen molar-refractivity contribution in [2.75, 3.05) is 18.8 Å². The summed E-state index contributed by atoms with van der Waals surface area (Å²) in [4.78, 5) is 4.46. The molecule has 4 heteroatoms. The molecule has 1 aliphatic heterocycles. The fourth-order valence-electron chi connectivity index (χ4n) is 1.65. The second-order valence-electron chi connectivity index (χ2n) is 3.78. The SMILES string of the molecule is Cc1csc(SC[C@H]2CCCNC2)n1. The highest BCUT2D eigenvalue weighted by Crippen LogP contribution is 2.26. The molecule has 78 valence electrons. The van der Waals surface area contributed by atoms with Crippen LogP contribution in [0.2, 0.25) is 0 Å². The van der Waals surface area contributed by atoms with E-state index in [4.69, 9.17) is 0 Å². The average molecular weight is 228 g/mol. The molecule has 2 nitrogen and oxygen atoms in total. The number of hydrogen-bond donors (Lipinski definition) is 1. The molecule has 1 atom stereocenters. The Morgan fingerprint density at radius 1 is 1.71 bits per heavy atom. The van der Waals surface area contributed by atoms with E-state index in [1.165, 1.54) is 36.0 Å². The highest BCUT2D eigenvalue weighted by molar-refractivity contribution is 8.01. The maximum atomic E-state index is 4.46. The van der Waals surface area contributed by atoms with Crippen LogP contribution in [0.15, 0.2) is 9.72 Å². The van der Waals surface area contributed by atoms with Crippen molar-refractivity contribution in [1.82, 2.24) is 10.3 Å². The van der Waals surface area contributed by atoms with Gasteiger partial charge in [0.05, 0.1) is 0 Å². The molecule has 1 aromatic heterocycles. The Morgan fingerprint density at radius 3 is 3.29 bits per heavy atom. The van der Waals surface area contributed by atoms with Gasteiger partial charge in [-0.25, -0.2) is 4.98 Å². The van der Waals surface area contributed by atoms with Gasteiger partial charge in [-0.05, 0) is 38.8 Å². The van der Waals surface area contributed by atoms with E-state index in [2.05, 4.69) is 22.6 Å². The maximum Gasteiger partial charge on any atom is 0.150 e. The van der Waals surface area contributed by atoms with Crippen molar-refractivity contribution in [3.05, 3.63) is 11.1 Å². The maximum absolute atomic E-state index is 4.46. The molecule has 14 heavy (non-hydrogen) atoms. The van der Waals surface area contributed by atoms with Crippen LogP contribution in [0.1, 0.15) is 18.5 Å². The predicted octanol–water partition coefficient (Wildman–Crippen LogP) is 2.54. The number of nitrogens with one attached hydrogen (secondary N) is 1. The molecule has 0 unspecified atom stereocenters. The molecular weight excluding hydrogens is 212 g/mol. The molecule has 0 bridgehead atoms. The lowest BCUT2D eigenvalue weighted by Crippen LogP contribution is -2.30. The van der Waals surface area contributed by atoms with Crippen LogP contribution in [-0.4, -0.2) is 23.8 Å². The summed E-state index contributed by atoms with van der Waals surface area (Å²) in [5.74, 6) is 2.07. The Bertz CT molecular complexity index is 279. The Hall–Kier alpha value is -0.0600. The normalized spacial score (nSPS) is 22.5. The van der Waals surface area contributed by atoms with Crippen LogP contribution >= 0.6 is 23.1 Å². The molecule has 2 heterocycles. The summed E-state index contributed by atoms with van der Waals surface area (Å²) in [7, 11) is 0. The van der Waals surface area contributed by atoms with E-state index in [0.29, 0.717) is 0 Å². The lowest BCUT2D eigenvalue weighted by atomic mass is 10.0. The monoisotopic (exact) mass is 228 g/mol.